The predicted octanol–water partition coefficient (Wildman–Crippen LogP) is 1.79. The molecular formula is C6H13BrO. The largest absolute Gasteiger partial charge is 0.396 e. The number of rotatable bonds is 4. The minimum absolute atomic E-state index is 0.328. The van der Waals surface area contributed by atoms with Gasteiger partial charge in [0.25, 0.3) is 0 Å². The fourth-order valence-electron chi connectivity index (χ4n) is 0.551. The highest BCUT2D eigenvalue weighted by molar-refractivity contribution is 9.09. The normalized spacial score (nSPS) is 13.9. The summed E-state index contributed by atoms with van der Waals surface area (Å²) in [6, 6.07) is 0. The highest BCUT2D eigenvalue weighted by atomic mass is 79.9. The first-order valence-electron chi connectivity index (χ1n) is 2.98. The number of aliphatic hydroxyl groups excluding tert-OH is 1. The molecule has 0 rings (SSSR count). The summed E-state index contributed by atoms with van der Waals surface area (Å²) in [5.41, 5.74) is 0. The molecule has 50 valence electrons. The fourth-order valence-corrected chi connectivity index (χ4v) is 1.33. The third kappa shape index (κ3) is 4.60. The van der Waals surface area contributed by atoms with Gasteiger partial charge in [0, 0.05) is 11.9 Å². The van der Waals surface area contributed by atoms with Crippen molar-refractivity contribution in [2.75, 3.05) is 11.9 Å². The van der Waals surface area contributed by atoms with E-state index in [9.17, 15) is 0 Å². The summed E-state index contributed by atoms with van der Waals surface area (Å²) in [5, 5.41) is 9.50. The Morgan fingerprint density at radius 1 is 1.50 bits per heavy atom. The second kappa shape index (κ2) is 5.57. The molecule has 0 saturated carbocycles. The van der Waals surface area contributed by atoms with Crippen molar-refractivity contribution in [1.29, 1.82) is 0 Å². The molecule has 0 radical (unpaired) electrons. The van der Waals surface area contributed by atoms with Crippen LogP contribution in [-0.4, -0.2) is 17.0 Å². The van der Waals surface area contributed by atoms with Crippen molar-refractivity contribution in [3.8, 4) is 0 Å². The lowest BCUT2D eigenvalue weighted by Gasteiger charge is -2.04. The van der Waals surface area contributed by atoms with Crippen LogP contribution in [-0.2, 0) is 0 Å². The number of hydrogen-bond acceptors (Lipinski definition) is 1. The van der Waals surface area contributed by atoms with Gasteiger partial charge in [-0.05, 0) is 18.8 Å². The Morgan fingerprint density at radius 2 is 2.12 bits per heavy atom. The van der Waals surface area contributed by atoms with Crippen LogP contribution < -0.4 is 0 Å². The van der Waals surface area contributed by atoms with Crippen molar-refractivity contribution in [2.45, 2.75) is 19.8 Å². The topological polar surface area (TPSA) is 20.2 Å². The summed E-state index contributed by atoms with van der Waals surface area (Å²) in [6.45, 7) is 2.48. The van der Waals surface area contributed by atoms with E-state index in [-0.39, 0.29) is 0 Å². The molecular weight excluding hydrogens is 168 g/mol. The van der Waals surface area contributed by atoms with E-state index in [0.29, 0.717) is 12.5 Å². The molecule has 1 unspecified atom stereocenters. The first-order chi connectivity index (χ1) is 3.81. The minimum Gasteiger partial charge on any atom is -0.396 e. The molecule has 2 heteroatoms. The van der Waals surface area contributed by atoms with Gasteiger partial charge in [0.15, 0.2) is 0 Å². The van der Waals surface area contributed by atoms with E-state index >= 15 is 0 Å². The SMILES string of the molecule is CC(CCO)CCBr. The third-order valence-electron chi connectivity index (χ3n) is 1.22. The van der Waals surface area contributed by atoms with Gasteiger partial charge in [0.05, 0.1) is 0 Å². The van der Waals surface area contributed by atoms with Crippen molar-refractivity contribution in [3.05, 3.63) is 0 Å². The van der Waals surface area contributed by atoms with E-state index in [1.807, 2.05) is 0 Å². The lowest BCUT2D eigenvalue weighted by atomic mass is 10.1. The average molecular weight is 181 g/mol. The van der Waals surface area contributed by atoms with Crippen molar-refractivity contribution in [3.63, 3.8) is 0 Å². The maximum Gasteiger partial charge on any atom is 0.0433 e. The fraction of sp³-hybridized carbons (Fsp3) is 1.00. The Hall–Kier alpha value is 0.440. The summed E-state index contributed by atoms with van der Waals surface area (Å²) in [6.07, 6.45) is 2.10. The van der Waals surface area contributed by atoms with Crippen LogP contribution in [0.1, 0.15) is 19.8 Å². The summed E-state index contributed by atoms with van der Waals surface area (Å²) in [4.78, 5) is 0. The van der Waals surface area contributed by atoms with Crippen molar-refractivity contribution < 1.29 is 5.11 Å². The van der Waals surface area contributed by atoms with E-state index in [1.165, 1.54) is 6.42 Å². The summed E-state index contributed by atoms with van der Waals surface area (Å²) in [7, 11) is 0. The van der Waals surface area contributed by atoms with Gasteiger partial charge in [-0.15, -0.1) is 0 Å². The van der Waals surface area contributed by atoms with Gasteiger partial charge < -0.3 is 5.11 Å². The Balaban J connectivity index is 2.92. The summed E-state index contributed by atoms with van der Waals surface area (Å²) < 4.78 is 0. The van der Waals surface area contributed by atoms with E-state index in [1.54, 1.807) is 0 Å². The van der Waals surface area contributed by atoms with Crippen LogP contribution in [0.2, 0.25) is 0 Å². The molecule has 0 aliphatic heterocycles. The van der Waals surface area contributed by atoms with E-state index < -0.39 is 0 Å². The molecule has 0 aliphatic rings. The van der Waals surface area contributed by atoms with Gasteiger partial charge in [-0.2, -0.15) is 0 Å². The maximum absolute atomic E-state index is 8.45. The summed E-state index contributed by atoms with van der Waals surface area (Å²) in [5.74, 6) is 0.666. The number of halogens is 1. The van der Waals surface area contributed by atoms with Crippen LogP contribution in [0.5, 0.6) is 0 Å². The predicted molar refractivity (Wildman–Crippen MR) is 39.3 cm³/mol. The maximum atomic E-state index is 8.45. The van der Waals surface area contributed by atoms with Gasteiger partial charge >= 0.3 is 0 Å². The van der Waals surface area contributed by atoms with Crippen molar-refractivity contribution in [2.24, 2.45) is 5.92 Å². The second-order valence-corrected chi connectivity index (χ2v) is 2.89. The lowest BCUT2D eigenvalue weighted by molar-refractivity contribution is 0.261. The molecule has 1 N–H and O–H groups in total. The molecule has 0 aromatic heterocycles. The van der Waals surface area contributed by atoms with Crippen molar-refractivity contribution >= 4 is 15.9 Å². The number of hydrogen-bond donors (Lipinski definition) is 1. The smallest absolute Gasteiger partial charge is 0.0433 e. The Kier molecular flexibility index (Phi) is 5.88. The molecule has 0 heterocycles. The van der Waals surface area contributed by atoms with E-state index in [0.717, 1.165) is 11.8 Å². The van der Waals surface area contributed by atoms with Crippen LogP contribution in [0.15, 0.2) is 0 Å². The van der Waals surface area contributed by atoms with Crippen molar-refractivity contribution in [1.82, 2.24) is 0 Å². The Morgan fingerprint density at radius 3 is 2.50 bits per heavy atom. The van der Waals surface area contributed by atoms with Crippen LogP contribution in [0.4, 0.5) is 0 Å². The van der Waals surface area contributed by atoms with Gasteiger partial charge in [-0.3, -0.25) is 0 Å². The lowest BCUT2D eigenvalue weighted by Crippen LogP contribution is -1.97. The van der Waals surface area contributed by atoms with Crippen LogP contribution in [0.3, 0.4) is 0 Å². The average Bonchev–Trinajstić information content (AvgIpc) is 1.68. The zero-order valence-electron chi connectivity index (χ0n) is 5.23. The minimum atomic E-state index is 0.328. The first kappa shape index (κ1) is 8.44. The van der Waals surface area contributed by atoms with Gasteiger partial charge in [0.2, 0.25) is 0 Å². The van der Waals surface area contributed by atoms with E-state index in [4.69, 9.17) is 5.11 Å². The van der Waals surface area contributed by atoms with Crippen LogP contribution >= 0.6 is 15.9 Å². The molecule has 1 nitrogen and oxygen atoms in total. The molecule has 8 heavy (non-hydrogen) atoms. The van der Waals surface area contributed by atoms with Gasteiger partial charge in [-0.25, -0.2) is 0 Å². The molecule has 0 fully saturated rings. The molecule has 0 saturated heterocycles. The zero-order valence-corrected chi connectivity index (χ0v) is 6.82. The van der Waals surface area contributed by atoms with E-state index in [2.05, 4.69) is 22.9 Å². The first-order valence-corrected chi connectivity index (χ1v) is 4.10. The Bertz CT molecular complexity index is 41.8. The van der Waals surface area contributed by atoms with Gasteiger partial charge in [-0.1, -0.05) is 22.9 Å². The third-order valence-corrected chi connectivity index (χ3v) is 1.68. The standard InChI is InChI=1S/C6H13BrO/c1-6(2-4-7)3-5-8/h6,8H,2-5H2,1H3. The molecule has 0 aromatic carbocycles. The molecule has 0 bridgehead atoms. The molecule has 1 atom stereocenters. The molecule has 0 amide bonds. The Labute approximate surface area is 59.2 Å². The monoisotopic (exact) mass is 180 g/mol. The van der Waals surface area contributed by atoms with Gasteiger partial charge in [0.1, 0.15) is 0 Å². The molecule has 0 aromatic rings. The van der Waals surface area contributed by atoms with Crippen LogP contribution in [0.25, 0.3) is 0 Å². The molecule has 0 spiro atoms. The second-order valence-electron chi connectivity index (χ2n) is 2.10. The van der Waals surface area contributed by atoms with Crippen LogP contribution in [0, 0.1) is 5.92 Å². The number of alkyl halides is 1. The quantitative estimate of drug-likeness (QED) is 0.655. The molecule has 0 aliphatic carbocycles. The summed E-state index contributed by atoms with van der Waals surface area (Å²) >= 11 is 3.34. The number of aliphatic hydroxyl groups is 1. The zero-order chi connectivity index (χ0) is 6.41. The highest BCUT2D eigenvalue weighted by Crippen LogP contribution is 2.07. The highest BCUT2D eigenvalue weighted by Gasteiger charge is 1.97.